The number of aryl methyl sites for hydroxylation is 1. The topological polar surface area (TPSA) is 12.4 Å². The zero-order valence-corrected chi connectivity index (χ0v) is 12.9. The Kier molecular flexibility index (Phi) is 4.60. The molecule has 18 heavy (non-hydrogen) atoms. The van der Waals surface area contributed by atoms with Crippen LogP contribution < -0.4 is 0 Å². The van der Waals surface area contributed by atoms with Crippen molar-refractivity contribution in [3.05, 3.63) is 21.4 Å². The number of aliphatic imine (C=N–C) groups is 1. The summed E-state index contributed by atoms with van der Waals surface area (Å²) in [6.07, 6.45) is 5.56. The van der Waals surface area contributed by atoms with Crippen molar-refractivity contribution >= 4 is 17.0 Å². The molecule has 1 aliphatic rings. The van der Waals surface area contributed by atoms with Crippen LogP contribution in [0.2, 0.25) is 0 Å². The van der Waals surface area contributed by atoms with Gasteiger partial charge in [0.05, 0.1) is 0 Å². The normalized spacial score (nSPS) is 25.4. The maximum atomic E-state index is 4.55. The molecule has 0 bridgehead atoms. The Morgan fingerprint density at radius 3 is 2.61 bits per heavy atom. The summed E-state index contributed by atoms with van der Waals surface area (Å²) in [5.74, 6) is 1.75. The van der Waals surface area contributed by atoms with Crippen molar-refractivity contribution in [2.45, 2.75) is 59.3 Å². The molecule has 0 amide bonds. The second-order valence-corrected chi connectivity index (χ2v) is 6.92. The fraction of sp³-hybridized carbons (Fsp3) is 0.688. The Balaban J connectivity index is 2.16. The summed E-state index contributed by atoms with van der Waals surface area (Å²) >= 11 is 2.00. The molecular weight excluding hydrogens is 238 g/mol. The molecule has 1 aromatic rings. The largest absolute Gasteiger partial charge is 0.290 e. The Morgan fingerprint density at radius 1 is 1.33 bits per heavy atom. The van der Waals surface area contributed by atoms with Crippen molar-refractivity contribution in [1.29, 1.82) is 0 Å². The van der Waals surface area contributed by atoms with Gasteiger partial charge >= 0.3 is 0 Å². The summed E-state index contributed by atoms with van der Waals surface area (Å²) in [5, 5.41) is 0. The van der Waals surface area contributed by atoms with Gasteiger partial charge < -0.3 is 0 Å². The number of nitrogens with zero attached hydrogens (tertiary/aromatic N) is 1. The first-order valence-electron chi connectivity index (χ1n) is 7.23. The van der Waals surface area contributed by atoms with Gasteiger partial charge in [-0.3, -0.25) is 4.99 Å². The minimum absolute atomic E-state index is 0.813. The Labute approximate surface area is 115 Å². The van der Waals surface area contributed by atoms with E-state index in [2.05, 4.69) is 38.8 Å². The smallest absolute Gasteiger partial charge is 0.0400 e. The lowest BCUT2D eigenvalue weighted by molar-refractivity contribution is 0.350. The SMILES string of the molecule is CC/N=C(/C)c1cc(C2CCC(C)CC2)sc1C. The second kappa shape index (κ2) is 6.01. The van der Waals surface area contributed by atoms with E-state index in [9.17, 15) is 0 Å². The number of thiophene rings is 1. The lowest BCUT2D eigenvalue weighted by Crippen LogP contribution is -2.09. The molecule has 1 fully saturated rings. The molecule has 0 radical (unpaired) electrons. The molecule has 0 saturated heterocycles. The highest BCUT2D eigenvalue weighted by Crippen LogP contribution is 2.39. The van der Waals surface area contributed by atoms with E-state index in [-0.39, 0.29) is 0 Å². The van der Waals surface area contributed by atoms with E-state index in [1.165, 1.54) is 41.8 Å². The summed E-state index contributed by atoms with van der Waals surface area (Å²) in [4.78, 5) is 7.59. The van der Waals surface area contributed by atoms with Crippen LogP contribution in [0.15, 0.2) is 11.1 Å². The fourth-order valence-electron chi connectivity index (χ4n) is 2.93. The molecule has 1 aromatic heterocycles. The van der Waals surface area contributed by atoms with Crippen molar-refractivity contribution in [2.24, 2.45) is 10.9 Å². The molecule has 0 unspecified atom stereocenters. The maximum Gasteiger partial charge on any atom is 0.0400 e. The van der Waals surface area contributed by atoms with Gasteiger partial charge in [-0.05, 0) is 51.5 Å². The average Bonchev–Trinajstić information content (AvgIpc) is 2.72. The lowest BCUT2D eigenvalue weighted by atomic mass is 9.82. The van der Waals surface area contributed by atoms with Gasteiger partial charge in [0.25, 0.3) is 0 Å². The Hall–Kier alpha value is -0.630. The van der Waals surface area contributed by atoms with Crippen LogP contribution in [-0.2, 0) is 0 Å². The number of rotatable bonds is 3. The van der Waals surface area contributed by atoms with Gasteiger partial charge in [0.1, 0.15) is 0 Å². The molecule has 1 heterocycles. The Bertz CT molecular complexity index is 422. The van der Waals surface area contributed by atoms with Crippen molar-refractivity contribution in [3.8, 4) is 0 Å². The van der Waals surface area contributed by atoms with Crippen molar-refractivity contribution in [2.75, 3.05) is 6.54 Å². The molecule has 0 atom stereocenters. The van der Waals surface area contributed by atoms with Crippen LogP contribution in [0.1, 0.15) is 67.7 Å². The molecule has 2 heteroatoms. The molecule has 0 spiro atoms. The van der Waals surface area contributed by atoms with Crippen LogP contribution in [0.3, 0.4) is 0 Å². The highest BCUT2D eigenvalue weighted by Gasteiger charge is 2.22. The van der Waals surface area contributed by atoms with Crippen molar-refractivity contribution in [1.82, 2.24) is 0 Å². The third-order valence-electron chi connectivity index (χ3n) is 4.14. The van der Waals surface area contributed by atoms with Gasteiger partial charge in [0.15, 0.2) is 0 Å². The van der Waals surface area contributed by atoms with E-state index >= 15 is 0 Å². The van der Waals surface area contributed by atoms with Gasteiger partial charge in [-0.1, -0.05) is 19.8 Å². The summed E-state index contributed by atoms with van der Waals surface area (Å²) in [6.45, 7) is 9.76. The highest BCUT2D eigenvalue weighted by atomic mass is 32.1. The zero-order chi connectivity index (χ0) is 13.1. The second-order valence-electron chi connectivity index (χ2n) is 5.64. The average molecular weight is 263 g/mol. The van der Waals surface area contributed by atoms with Crippen LogP contribution >= 0.6 is 11.3 Å². The van der Waals surface area contributed by atoms with Crippen molar-refractivity contribution < 1.29 is 0 Å². The van der Waals surface area contributed by atoms with E-state index in [4.69, 9.17) is 0 Å². The quantitative estimate of drug-likeness (QED) is 0.666. The molecule has 100 valence electrons. The molecule has 1 nitrogen and oxygen atoms in total. The van der Waals surface area contributed by atoms with E-state index in [1.807, 2.05) is 11.3 Å². The highest BCUT2D eigenvalue weighted by molar-refractivity contribution is 7.12. The minimum atomic E-state index is 0.813. The third kappa shape index (κ3) is 3.03. The van der Waals surface area contributed by atoms with Gasteiger partial charge in [-0.25, -0.2) is 0 Å². The van der Waals surface area contributed by atoms with Crippen LogP contribution in [0.4, 0.5) is 0 Å². The molecule has 2 rings (SSSR count). The Morgan fingerprint density at radius 2 is 2.00 bits per heavy atom. The van der Waals surface area contributed by atoms with E-state index < -0.39 is 0 Å². The third-order valence-corrected chi connectivity index (χ3v) is 5.35. The first kappa shape index (κ1) is 13.8. The minimum Gasteiger partial charge on any atom is -0.290 e. The molecule has 0 aromatic carbocycles. The summed E-state index contributed by atoms with van der Waals surface area (Å²) in [5.41, 5.74) is 2.59. The van der Waals surface area contributed by atoms with Gasteiger partial charge in [-0.15, -0.1) is 11.3 Å². The zero-order valence-electron chi connectivity index (χ0n) is 12.1. The summed E-state index contributed by atoms with van der Waals surface area (Å²) in [7, 11) is 0. The number of hydrogen-bond acceptors (Lipinski definition) is 2. The van der Waals surface area contributed by atoms with Gasteiger partial charge in [0, 0.05) is 27.6 Å². The fourth-order valence-corrected chi connectivity index (χ4v) is 4.18. The van der Waals surface area contributed by atoms with Crippen molar-refractivity contribution in [3.63, 3.8) is 0 Å². The predicted octanol–water partition coefficient (Wildman–Crippen LogP) is 5.18. The molecule has 1 aliphatic carbocycles. The van der Waals surface area contributed by atoms with Crippen LogP contribution in [0, 0.1) is 12.8 Å². The van der Waals surface area contributed by atoms with Gasteiger partial charge in [0.2, 0.25) is 0 Å². The first-order chi connectivity index (χ1) is 8.61. The van der Waals surface area contributed by atoms with E-state index in [1.54, 1.807) is 4.88 Å². The van der Waals surface area contributed by atoms with Crippen LogP contribution in [0.25, 0.3) is 0 Å². The van der Waals surface area contributed by atoms with E-state index in [0.29, 0.717) is 0 Å². The molecule has 0 aliphatic heterocycles. The van der Waals surface area contributed by atoms with E-state index in [0.717, 1.165) is 18.4 Å². The first-order valence-corrected chi connectivity index (χ1v) is 8.05. The standard InChI is InChI=1S/C16H25NS/c1-5-17-12(3)15-10-16(18-13(15)4)14-8-6-11(2)7-9-14/h10-11,14H,5-9H2,1-4H3/b17-12-. The summed E-state index contributed by atoms with van der Waals surface area (Å²) < 4.78 is 0. The maximum absolute atomic E-state index is 4.55. The molecular formula is C16H25NS. The van der Waals surface area contributed by atoms with Gasteiger partial charge in [-0.2, -0.15) is 0 Å². The monoisotopic (exact) mass is 263 g/mol. The lowest BCUT2D eigenvalue weighted by Gasteiger charge is -2.25. The van der Waals surface area contributed by atoms with Crippen LogP contribution in [-0.4, -0.2) is 12.3 Å². The van der Waals surface area contributed by atoms with Crippen LogP contribution in [0.5, 0.6) is 0 Å². The summed E-state index contributed by atoms with van der Waals surface area (Å²) in [6, 6.07) is 2.41. The molecule has 0 N–H and O–H groups in total. The predicted molar refractivity (Wildman–Crippen MR) is 82.2 cm³/mol. The number of hydrogen-bond donors (Lipinski definition) is 0. The molecule has 1 saturated carbocycles.